The number of likely N-dealkylation sites (tertiary alicyclic amines) is 1. The number of carbonyl (C=O) groups excluding carboxylic acids is 2. The third-order valence-corrected chi connectivity index (χ3v) is 7.17. The predicted octanol–water partition coefficient (Wildman–Crippen LogP) is 2.50. The second kappa shape index (κ2) is 13.4. The number of quaternary nitrogens is 1. The highest BCUT2D eigenvalue weighted by Crippen LogP contribution is 2.33. The highest BCUT2D eigenvalue weighted by Gasteiger charge is 2.30. The minimum absolute atomic E-state index is 0.0679. The normalized spacial score (nSPS) is 16.7. The first-order chi connectivity index (χ1) is 18.0. The average Bonchev–Trinajstić information content (AvgIpc) is 3.45. The predicted molar refractivity (Wildman–Crippen MR) is 140 cm³/mol. The molecule has 2 aromatic carbocycles. The van der Waals surface area contributed by atoms with E-state index in [1.165, 1.54) is 17.7 Å². The van der Waals surface area contributed by atoms with Crippen molar-refractivity contribution in [2.45, 2.75) is 57.1 Å². The maximum absolute atomic E-state index is 12.8. The topological polar surface area (TPSA) is 98.5 Å². The minimum atomic E-state index is -0.838. The van der Waals surface area contributed by atoms with E-state index in [4.69, 9.17) is 14.2 Å². The van der Waals surface area contributed by atoms with Crippen LogP contribution in [0, 0.1) is 0 Å². The van der Waals surface area contributed by atoms with E-state index in [2.05, 4.69) is 5.32 Å². The fourth-order valence-electron chi connectivity index (χ4n) is 5.06. The summed E-state index contributed by atoms with van der Waals surface area (Å²) >= 11 is 0. The summed E-state index contributed by atoms with van der Waals surface area (Å²) < 4.78 is 16.4. The second-order valence-corrected chi connectivity index (χ2v) is 9.90. The Bertz CT molecular complexity index is 1040. The molecule has 37 heavy (non-hydrogen) atoms. The molecule has 0 bridgehead atoms. The molecule has 0 saturated carbocycles. The van der Waals surface area contributed by atoms with Crippen LogP contribution in [0.3, 0.4) is 0 Å². The quantitative estimate of drug-likeness (QED) is 0.282. The Labute approximate surface area is 218 Å². The van der Waals surface area contributed by atoms with Crippen molar-refractivity contribution >= 4 is 11.7 Å². The number of benzene rings is 2. The van der Waals surface area contributed by atoms with Gasteiger partial charge in [0.15, 0.2) is 17.3 Å². The molecule has 1 saturated heterocycles. The number of hydrogen-bond donors (Lipinski definition) is 3. The van der Waals surface area contributed by atoms with E-state index in [0.717, 1.165) is 31.7 Å². The van der Waals surface area contributed by atoms with Crippen molar-refractivity contribution in [3.8, 4) is 17.2 Å². The lowest BCUT2D eigenvalue weighted by atomic mass is 10.00. The highest BCUT2D eigenvalue weighted by atomic mass is 16.6. The molecular formula is C29H39N2O6+. The molecule has 3 N–H and O–H groups in total. The summed E-state index contributed by atoms with van der Waals surface area (Å²) in [6.07, 6.45) is 4.56. The molecule has 2 aliphatic heterocycles. The number of rotatable bonds is 13. The van der Waals surface area contributed by atoms with Crippen molar-refractivity contribution in [3.05, 3.63) is 53.6 Å². The number of carbonyl (C=O) groups is 2. The third-order valence-electron chi connectivity index (χ3n) is 7.17. The van der Waals surface area contributed by atoms with Gasteiger partial charge in [0.25, 0.3) is 0 Å². The van der Waals surface area contributed by atoms with Crippen molar-refractivity contribution in [2.75, 3.05) is 40.0 Å². The van der Waals surface area contributed by atoms with Crippen molar-refractivity contribution in [1.82, 2.24) is 5.32 Å². The Morgan fingerprint density at radius 3 is 2.41 bits per heavy atom. The molecule has 0 aliphatic carbocycles. The van der Waals surface area contributed by atoms with Crippen LogP contribution >= 0.6 is 0 Å². The zero-order valence-corrected chi connectivity index (χ0v) is 21.7. The summed E-state index contributed by atoms with van der Waals surface area (Å²) in [6, 6.07) is 12.2. The highest BCUT2D eigenvalue weighted by molar-refractivity contribution is 5.96. The number of aliphatic hydroxyl groups is 1. The van der Waals surface area contributed by atoms with E-state index >= 15 is 0 Å². The van der Waals surface area contributed by atoms with Gasteiger partial charge >= 0.3 is 0 Å². The van der Waals surface area contributed by atoms with Crippen LogP contribution < -0.4 is 24.4 Å². The number of nitrogens with one attached hydrogen (secondary N) is 2. The lowest BCUT2D eigenvalue weighted by Crippen LogP contribution is -3.11. The Morgan fingerprint density at radius 1 is 0.973 bits per heavy atom. The Kier molecular flexibility index (Phi) is 9.79. The SMILES string of the molecule is COc1ccc(C(=O)CCCCCC(=O)NC(C[NH+]2CCCC2)C(O)c2ccc3c(c2)OCCO3)cc1. The standard InChI is InChI=1S/C29H38N2O6/c1-35-23-12-9-21(10-13-23)25(32)7-3-2-4-8-28(33)30-24(20-31-15-5-6-16-31)29(34)22-11-14-26-27(19-22)37-18-17-36-26/h9-14,19,24,29,34H,2-8,15-18,20H2,1H3,(H,30,33)/p+1. The Balaban J connectivity index is 1.26. The number of fused-ring (bicyclic) bond motifs is 1. The maximum Gasteiger partial charge on any atom is 0.220 e. The minimum Gasteiger partial charge on any atom is -0.497 e. The van der Waals surface area contributed by atoms with Crippen LogP contribution in [0.4, 0.5) is 0 Å². The first-order valence-corrected chi connectivity index (χ1v) is 13.4. The summed E-state index contributed by atoms with van der Waals surface area (Å²) in [5, 5.41) is 14.3. The van der Waals surface area contributed by atoms with Crippen LogP contribution in [0.15, 0.2) is 42.5 Å². The molecule has 8 heteroatoms. The lowest BCUT2D eigenvalue weighted by molar-refractivity contribution is -0.889. The molecule has 2 atom stereocenters. The van der Waals surface area contributed by atoms with Crippen LogP contribution in [0.25, 0.3) is 0 Å². The molecule has 200 valence electrons. The molecule has 2 aromatic rings. The number of Topliss-reactive ketones (excluding diaryl/α,β-unsaturated/α-hetero) is 1. The fourth-order valence-corrected chi connectivity index (χ4v) is 5.06. The van der Waals surface area contributed by atoms with Crippen molar-refractivity contribution in [1.29, 1.82) is 0 Å². The van der Waals surface area contributed by atoms with E-state index in [1.54, 1.807) is 31.4 Å². The number of hydrogen-bond acceptors (Lipinski definition) is 6. The maximum atomic E-state index is 12.8. The van der Waals surface area contributed by atoms with E-state index in [1.807, 2.05) is 18.2 Å². The first kappa shape index (κ1) is 26.9. The third kappa shape index (κ3) is 7.69. The molecule has 2 aliphatic rings. The molecule has 0 aromatic heterocycles. The van der Waals surface area contributed by atoms with Gasteiger partial charge in [-0.15, -0.1) is 0 Å². The van der Waals surface area contributed by atoms with Gasteiger partial charge in [-0.1, -0.05) is 12.5 Å². The summed E-state index contributed by atoms with van der Waals surface area (Å²) in [6.45, 7) is 3.79. The average molecular weight is 512 g/mol. The van der Waals surface area contributed by atoms with Crippen LogP contribution in [0.1, 0.15) is 67.0 Å². The molecule has 1 fully saturated rings. The zero-order valence-electron chi connectivity index (χ0n) is 21.7. The molecule has 2 heterocycles. The van der Waals surface area contributed by atoms with Crippen LogP contribution in [0.2, 0.25) is 0 Å². The number of methoxy groups -OCH3 is 1. The molecule has 8 nitrogen and oxygen atoms in total. The number of unbranched alkanes of at least 4 members (excludes halogenated alkanes) is 2. The second-order valence-electron chi connectivity index (χ2n) is 9.90. The summed E-state index contributed by atoms with van der Waals surface area (Å²) in [5.74, 6) is 2.07. The van der Waals surface area contributed by atoms with E-state index < -0.39 is 6.10 Å². The van der Waals surface area contributed by atoms with Gasteiger partial charge in [0, 0.05) is 31.2 Å². The van der Waals surface area contributed by atoms with E-state index in [0.29, 0.717) is 61.6 Å². The fraction of sp³-hybridized carbons (Fsp3) is 0.517. The molecule has 4 rings (SSSR count). The number of ketones is 1. The van der Waals surface area contributed by atoms with Crippen molar-refractivity contribution in [2.24, 2.45) is 0 Å². The molecule has 1 amide bonds. The van der Waals surface area contributed by atoms with Gasteiger partial charge in [-0.3, -0.25) is 9.59 Å². The molecule has 0 spiro atoms. The molecule has 0 radical (unpaired) electrons. The van der Waals surface area contributed by atoms with Crippen LogP contribution in [-0.4, -0.2) is 62.8 Å². The van der Waals surface area contributed by atoms with Crippen LogP contribution in [0.5, 0.6) is 17.2 Å². The van der Waals surface area contributed by atoms with Gasteiger partial charge in [-0.05, 0) is 54.8 Å². The summed E-state index contributed by atoms with van der Waals surface area (Å²) in [4.78, 5) is 26.6. The van der Waals surface area contributed by atoms with Gasteiger partial charge in [-0.2, -0.15) is 0 Å². The van der Waals surface area contributed by atoms with Gasteiger partial charge in [0.2, 0.25) is 5.91 Å². The van der Waals surface area contributed by atoms with Gasteiger partial charge in [0.05, 0.1) is 20.2 Å². The molecule has 2 unspecified atom stereocenters. The zero-order chi connectivity index (χ0) is 26.0. The van der Waals surface area contributed by atoms with E-state index in [9.17, 15) is 14.7 Å². The first-order valence-electron chi connectivity index (χ1n) is 13.4. The Morgan fingerprint density at radius 2 is 1.68 bits per heavy atom. The van der Waals surface area contributed by atoms with E-state index in [-0.39, 0.29) is 17.7 Å². The summed E-state index contributed by atoms with van der Waals surface area (Å²) in [7, 11) is 1.60. The lowest BCUT2D eigenvalue weighted by Gasteiger charge is -2.28. The van der Waals surface area contributed by atoms with Gasteiger partial charge < -0.3 is 29.5 Å². The van der Waals surface area contributed by atoms with Crippen LogP contribution in [-0.2, 0) is 4.79 Å². The van der Waals surface area contributed by atoms with Gasteiger partial charge in [0.1, 0.15) is 37.7 Å². The van der Waals surface area contributed by atoms with Crippen molar-refractivity contribution in [3.63, 3.8) is 0 Å². The number of ether oxygens (including phenoxy) is 3. The summed E-state index contributed by atoms with van der Waals surface area (Å²) in [5.41, 5.74) is 1.39. The molecular weight excluding hydrogens is 472 g/mol. The number of aliphatic hydroxyl groups excluding tert-OH is 1. The van der Waals surface area contributed by atoms with Crippen molar-refractivity contribution < 1.29 is 33.8 Å². The Hall–Kier alpha value is -3.10. The monoisotopic (exact) mass is 511 g/mol. The number of amides is 1. The van der Waals surface area contributed by atoms with Gasteiger partial charge in [-0.25, -0.2) is 0 Å². The smallest absolute Gasteiger partial charge is 0.220 e. The largest absolute Gasteiger partial charge is 0.497 e.